The number of rotatable bonds is 10. The van der Waals surface area contributed by atoms with Gasteiger partial charge in [-0.15, -0.1) is 0 Å². The molecule has 1 aliphatic heterocycles. The van der Waals surface area contributed by atoms with Crippen LogP contribution in [0, 0.1) is 0 Å². The summed E-state index contributed by atoms with van der Waals surface area (Å²) in [5.41, 5.74) is -0.645. The van der Waals surface area contributed by atoms with Crippen LogP contribution in [0.3, 0.4) is 0 Å². The molecular formula is C45H45N5O15. The summed E-state index contributed by atoms with van der Waals surface area (Å²) in [4.78, 5) is 71.5. The Bertz CT molecular complexity index is 2290. The summed E-state index contributed by atoms with van der Waals surface area (Å²) in [5.74, 6) is -3.73. The maximum Gasteiger partial charge on any atom is 0.259 e. The molecule has 20 nitrogen and oxygen atoms in total. The minimum absolute atomic E-state index is 0.0112. The van der Waals surface area contributed by atoms with E-state index in [0.29, 0.717) is 0 Å². The van der Waals surface area contributed by atoms with Crippen LogP contribution < -0.4 is 74.0 Å². The van der Waals surface area contributed by atoms with Crippen LogP contribution in [-0.2, 0) is 0 Å². The average Bonchev–Trinajstić information content (AvgIpc) is 3.31. The van der Waals surface area contributed by atoms with Gasteiger partial charge >= 0.3 is 0 Å². The maximum absolute atomic E-state index is 14.3. The summed E-state index contributed by atoms with van der Waals surface area (Å²) < 4.78 is 56.1. The predicted molar refractivity (Wildman–Crippen MR) is 237 cm³/mol. The zero-order valence-corrected chi connectivity index (χ0v) is 36.9. The van der Waals surface area contributed by atoms with Gasteiger partial charge in [0.15, 0.2) is 28.7 Å². The fourth-order valence-corrected chi connectivity index (χ4v) is 6.96. The third kappa shape index (κ3) is 9.17. The smallest absolute Gasteiger partial charge is 0.259 e. The highest BCUT2D eigenvalue weighted by molar-refractivity contribution is 6.16. The quantitative estimate of drug-likeness (QED) is 0.103. The highest BCUT2D eigenvalue weighted by Gasteiger charge is 2.29. The van der Waals surface area contributed by atoms with Crippen LogP contribution in [0.4, 0.5) is 28.4 Å². The summed E-state index contributed by atoms with van der Waals surface area (Å²) in [6, 6.07) is 14.0. The molecule has 0 fully saturated rings. The molecule has 340 valence electrons. The third-order valence-corrected chi connectivity index (χ3v) is 9.98. The first kappa shape index (κ1) is 46.0. The van der Waals surface area contributed by atoms with Gasteiger partial charge in [-0.25, -0.2) is 0 Å². The molecule has 6 rings (SSSR count). The van der Waals surface area contributed by atoms with Crippen molar-refractivity contribution in [1.82, 2.24) is 0 Å². The fraction of sp³-hybridized carbons (Fsp3) is 0.222. The van der Waals surface area contributed by atoms with E-state index in [1.807, 2.05) is 0 Å². The minimum Gasteiger partial charge on any atom is -0.497 e. The van der Waals surface area contributed by atoms with E-state index in [2.05, 4.69) is 26.6 Å². The van der Waals surface area contributed by atoms with E-state index in [9.17, 15) is 24.0 Å². The molecule has 10 bridgehead atoms. The average molecular weight is 896 g/mol. The number of benzene rings is 5. The summed E-state index contributed by atoms with van der Waals surface area (Å²) in [6.07, 6.45) is 0. The van der Waals surface area contributed by atoms with Crippen LogP contribution in [0.5, 0.6) is 57.5 Å². The van der Waals surface area contributed by atoms with Crippen molar-refractivity contribution >= 4 is 58.0 Å². The Morgan fingerprint density at radius 3 is 0.523 bits per heavy atom. The molecule has 5 N–H and O–H groups in total. The molecule has 5 aromatic carbocycles. The first-order chi connectivity index (χ1) is 31.3. The van der Waals surface area contributed by atoms with Gasteiger partial charge in [-0.3, -0.25) is 24.0 Å². The Kier molecular flexibility index (Phi) is 13.9. The molecule has 0 unspecified atom stereocenters. The predicted octanol–water partition coefficient (Wildman–Crippen LogP) is 6.35. The first-order valence-corrected chi connectivity index (χ1v) is 19.2. The SMILES string of the molecule is COc1cc2c(OC)c(c1)C(=O)Nc1cc(OC)cc(c1OC)C(=O)Nc1cc(OC)cc(c1OC)C(=O)Nc1cc(OC)cc(c1OC)C(=O)Nc1cc(OC)cc(c1OC)C(=O)N2. The van der Waals surface area contributed by atoms with Crippen LogP contribution in [-0.4, -0.2) is 101 Å². The summed E-state index contributed by atoms with van der Waals surface area (Å²) in [5, 5.41) is 13.7. The van der Waals surface area contributed by atoms with E-state index in [4.69, 9.17) is 47.4 Å². The lowest BCUT2D eigenvalue weighted by Crippen LogP contribution is -2.20. The Hall–Kier alpha value is -8.55. The van der Waals surface area contributed by atoms with Gasteiger partial charge in [0.2, 0.25) is 0 Å². The van der Waals surface area contributed by atoms with Gasteiger partial charge in [0.25, 0.3) is 29.5 Å². The molecule has 1 heterocycles. The van der Waals surface area contributed by atoms with E-state index >= 15 is 0 Å². The minimum atomic E-state index is -0.787. The zero-order chi connectivity index (χ0) is 47.1. The molecule has 65 heavy (non-hydrogen) atoms. The highest BCUT2D eigenvalue weighted by Crippen LogP contribution is 2.42. The van der Waals surface area contributed by atoms with E-state index < -0.39 is 29.5 Å². The van der Waals surface area contributed by atoms with Gasteiger partial charge in [-0.2, -0.15) is 0 Å². The number of hydrogen-bond donors (Lipinski definition) is 5. The largest absolute Gasteiger partial charge is 0.497 e. The van der Waals surface area contributed by atoms with E-state index in [1.165, 1.54) is 132 Å². The normalized spacial score (nSPS) is 12.6. The lowest BCUT2D eigenvalue weighted by molar-refractivity contribution is 0.101. The van der Waals surface area contributed by atoms with Crippen LogP contribution in [0.15, 0.2) is 60.7 Å². The number of hydrogen-bond acceptors (Lipinski definition) is 15. The van der Waals surface area contributed by atoms with Crippen molar-refractivity contribution in [3.05, 3.63) is 88.5 Å². The van der Waals surface area contributed by atoms with Crippen molar-refractivity contribution < 1.29 is 71.3 Å². The fourth-order valence-electron chi connectivity index (χ4n) is 6.96. The summed E-state index contributed by atoms with van der Waals surface area (Å²) in [6.45, 7) is 0. The third-order valence-electron chi connectivity index (χ3n) is 9.98. The lowest BCUT2D eigenvalue weighted by Gasteiger charge is -2.20. The Morgan fingerprint density at radius 2 is 0.400 bits per heavy atom. The molecule has 0 aliphatic carbocycles. The topological polar surface area (TPSA) is 238 Å². The maximum atomic E-state index is 14.3. The molecule has 0 saturated carbocycles. The van der Waals surface area contributed by atoms with Crippen molar-refractivity contribution in [2.24, 2.45) is 0 Å². The van der Waals surface area contributed by atoms with Gasteiger partial charge in [-0.1, -0.05) is 0 Å². The number of carbonyl (C=O) groups excluding carboxylic acids is 5. The van der Waals surface area contributed by atoms with E-state index in [1.54, 1.807) is 0 Å². The van der Waals surface area contributed by atoms with Gasteiger partial charge in [0.05, 0.1) is 127 Å². The molecule has 0 atom stereocenters. The zero-order valence-electron chi connectivity index (χ0n) is 36.9. The number of carbonyl (C=O) groups is 5. The van der Waals surface area contributed by atoms with Crippen LogP contribution in [0.1, 0.15) is 51.8 Å². The van der Waals surface area contributed by atoms with Gasteiger partial charge in [0.1, 0.15) is 28.7 Å². The number of nitrogens with one attached hydrogen (secondary N) is 5. The number of ether oxygens (including phenoxy) is 10. The Morgan fingerprint density at radius 1 is 0.246 bits per heavy atom. The van der Waals surface area contributed by atoms with E-state index in [0.717, 1.165) is 0 Å². The molecule has 20 heteroatoms. The molecule has 0 aromatic heterocycles. The molecule has 0 saturated heterocycles. The Labute approximate surface area is 372 Å². The number of amides is 5. The second-order valence-corrected chi connectivity index (χ2v) is 13.5. The van der Waals surface area contributed by atoms with Crippen LogP contribution in [0.25, 0.3) is 0 Å². The van der Waals surface area contributed by atoms with E-state index in [-0.39, 0.29) is 114 Å². The van der Waals surface area contributed by atoms with Crippen molar-refractivity contribution in [2.45, 2.75) is 0 Å². The van der Waals surface area contributed by atoms with Gasteiger partial charge in [-0.05, 0) is 30.3 Å². The van der Waals surface area contributed by atoms with Crippen LogP contribution in [0.2, 0.25) is 0 Å². The van der Waals surface area contributed by atoms with Crippen LogP contribution >= 0.6 is 0 Å². The monoisotopic (exact) mass is 895 g/mol. The molecule has 1 aliphatic rings. The van der Waals surface area contributed by atoms with Crippen molar-refractivity contribution in [3.63, 3.8) is 0 Å². The second-order valence-electron chi connectivity index (χ2n) is 13.5. The van der Waals surface area contributed by atoms with Crippen molar-refractivity contribution in [2.75, 3.05) is 97.7 Å². The lowest BCUT2D eigenvalue weighted by atomic mass is 10.1. The number of fused-ring (bicyclic) bond motifs is 10. The Balaban J connectivity index is 1.63. The second kappa shape index (κ2) is 19.7. The molecule has 5 amide bonds. The first-order valence-electron chi connectivity index (χ1n) is 19.2. The standard InChI is InChI=1S/C45H45N5O15/c1-56-21-11-26-36(61-6)31(16-21)46-42(52)27-12-22(57-2)18-33(37(27)62-7)48-44(54)29-14-24(59-4)20-35(39(29)64-9)50-45(55)30-15-25(60-5)19-34(40(30)65-10)49-43(53)28-13-23(58-3)17-32(38(28)63-8)47-41(26)51/h11-20H,1-10H3,(H,46,52)(H,47,51)(H,48,54)(H,49,53)(H,50,55). The molecule has 5 aromatic rings. The molecular weight excluding hydrogens is 851 g/mol. The van der Waals surface area contributed by atoms with Gasteiger partial charge in [0, 0.05) is 30.3 Å². The van der Waals surface area contributed by atoms with Crippen molar-refractivity contribution in [1.29, 1.82) is 0 Å². The summed E-state index contributed by atoms with van der Waals surface area (Å²) in [7, 11) is 13.3. The molecule has 0 spiro atoms. The van der Waals surface area contributed by atoms with Gasteiger partial charge < -0.3 is 74.0 Å². The number of anilines is 5. The highest BCUT2D eigenvalue weighted by atomic mass is 16.5. The van der Waals surface area contributed by atoms with Crippen molar-refractivity contribution in [3.8, 4) is 57.5 Å². The molecule has 0 radical (unpaired) electrons. The summed E-state index contributed by atoms with van der Waals surface area (Å²) >= 11 is 0. The number of methoxy groups -OCH3 is 10.